The number of benzene rings is 3. The van der Waals surface area contributed by atoms with Crippen molar-refractivity contribution in [3.05, 3.63) is 118 Å². The Labute approximate surface area is 178 Å². The Bertz CT molecular complexity index is 1040. The lowest BCUT2D eigenvalue weighted by Gasteiger charge is -2.25. The fourth-order valence-corrected chi connectivity index (χ4v) is 3.36. The van der Waals surface area contributed by atoms with Gasteiger partial charge in [-0.3, -0.25) is 15.2 Å². The molecule has 4 rings (SSSR count). The molecular formula is C24H20BrN3O. The van der Waals surface area contributed by atoms with E-state index in [1.165, 1.54) is 5.56 Å². The first kappa shape index (κ1) is 19.0. The number of aromatic nitrogens is 1. The summed E-state index contributed by atoms with van der Waals surface area (Å²) in [6.45, 7) is 0. The molecule has 3 aromatic carbocycles. The van der Waals surface area contributed by atoms with Gasteiger partial charge in [0.2, 0.25) is 0 Å². The smallest absolute Gasteiger partial charge is 0.286 e. The predicted molar refractivity (Wildman–Crippen MR) is 120 cm³/mol. The highest BCUT2D eigenvalue weighted by Crippen LogP contribution is 2.23. The van der Waals surface area contributed by atoms with Gasteiger partial charge in [-0.1, -0.05) is 64.5 Å². The van der Waals surface area contributed by atoms with Gasteiger partial charge in [-0.15, -0.1) is 0 Å². The van der Waals surface area contributed by atoms with Crippen molar-refractivity contribution in [2.24, 2.45) is 0 Å². The zero-order chi connectivity index (χ0) is 20.1. The molecule has 0 radical (unpaired) electrons. The number of carbonyl (C=O) groups is 1. The monoisotopic (exact) mass is 445 g/mol. The average molecular weight is 446 g/mol. The lowest BCUT2D eigenvalue weighted by atomic mass is 10.1. The number of hydrazine groups is 1. The van der Waals surface area contributed by atoms with Crippen molar-refractivity contribution in [3.63, 3.8) is 0 Å². The molecule has 1 heterocycles. The van der Waals surface area contributed by atoms with Crippen molar-refractivity contribution in [1.29, 1.82) is 0 Å². The Morgan fingerprint density at radius 1 is 0.793 bits per heavy atom. The van der Waals surface area contributed by atoms with Crippen molar-refractivity contribution in [2.75, 3.05) is 5.01 Å². The molecule has 2 N–H and O–H groups in total. The van der Waals surface area contributed by atoms with E-state index in [2.05, 4.69) is 38.5 Å². The first-order valence-corrected chi connectivity index (χ1v) is 10.1. The molecule has 0 bridgehead atoms. The summed E-state index contributed by atoms with van der Waals surface area (Å²) < 4.78 is 1.05. The molecule has 0 aliphatic carbocycles. The van der Waals surface area contributed by atoms with E-state index in [-0.39, 0.29) is 5.91 Å². The maximum absolute atomic E-state index is 12.9. The predicted octanol–water partition coefficient (Wildman–Crippen LogP) is 5.85. The quantitative estimate of drug-likeness (QED) is 0.365. The van der Waals surface area contributed by atoms with Gasteiger partial charge in [-0.2, -0.15) is 0 Å². The van der Waals surface area contributed by atoms with Crippen LogP contribution in [0.25, 0.3) is 0 Å². The molecule has 0 atom stereocenters. The molecule has 5 heteroatoms. The molecule has 4 nitrogen and oxygen atoms in total. The van der Waals surface area contributed by atoms with E-state index < -0.39 is 0 Å². The number of H-pyrrole nitrogens is 1. The van der Waals surface area contributed by atoms with E-state index in [9.17, 15) is 4.79 Å². The number of carbonyl (C=O) groups excluding carboxylic acids is 1. The minimum Gasteiger partial charge on any atom is -0.354 e. The van der Waals surface area contributed by atoms with Gasteiger partial charge in [-0.05, 0) is 54.1 Å². The molecule has 0 fully saturated rings. The normalized spacial score (nSPS) is 10.5. The van der Waals surface area contributed by atoms with Crippen molar-refractivity contribution in [2.45, 2.75) is 6.42 Å². The number of nitrogens with one attached hydrogen (secondary N) is 2. The fourth-order valence-electron chi connectivity index (χ4n) is 3.09. The Hall–Kier alpha value is -3.31. The van der Waals surface area contributed by atoms with Crippen LogP contribution in [0.15, 0.2) is 102 Å². The van der Waals surface area contributed by atoms with Crippen molar-refractivity contribution < 1.29 is 4.79 Å². The SMILES string of the molecule is O=C(NN(c1ccccc1)c1ccccc1)c1ccc(Cc2ccc(Br)cc2)[nH]1. The van der Waals surface area contributed by atoms with E-state index >= 15 is 0 Å². The molecule has 1 aromatic heterocycles. The molecule has 1 amide bonds. The Balaban J connectivity index is 1.52. The first-order chi connectivity index (χ1) is 14.2. The molecule has 0 saturated carbocycles. The second kappa shape index (κ2) is 8.80. The zero-order valence-corrected chi connectivity index (χ0v) is 17.3. The summed E-state index contributed by atoms with van der Waals surface area (Å²) in [6.07, 6.45) is 0.738. The summed E-state index contributed by atoms with van der Waals surface area (Å²) in [7, 11) is 0. The van der Waals surface area contributed by atoms with Gasteiger partial charge in [0, 0.05) is 16.6 Å². The van der Waals surface area contributed by atoms with Crippen LogP contribution in [0.2, 0.25) is 0 Å². The number of anilines is 2. The molecule has 29 heavy (non-hydrogen) atoms. The van der Waals surface area contributed by atoms with Crippen LogP contribution in [0.4, 0.5) is 11.4 Å². The zero-order valence-electron chi connectivity index (χ0n) is 15.7. The van der Waals surface area contributed by atoms with Crippen molar-refractivity contribution >= 4 is 33.2 Å². The summed E-state index contributed by atoms with van der Waals surface area (Å²) in [5.41, 5.74) is 7.46. The third-order valence-electron chi connectivity index (χ3n) is 4.54. The minimum atomic E-state index is -0.195. The van der Waals surface area contributed by atoms with Gasteiger partial charge >= 0.3 is 0 Å². The van der Waals surface area contributed by atoms with Crippen molar-refractivity contribution in [1.82, 2.24) is 10.4 Å². The lowest BCUT2D eigenvalue weighted by Crippen LogP contribution is -2.39. The maximum atomic E-state index is 12.9. The molecule has 144 valence electrons. The average Bonchev–Trinajstić information content (AvgIpc) is 3.23. The van der Waals surface area contributed by atoms with Gasteiger partial charge in [0.25, 0.3) is 5.91 Å². The number of para-hydroxylation sites is 2. The van der Waals surface area contributed by atoms with Crippen LogP contribution in [-0.4, -0.2) is 10.9 Å². The van der Waals surface area contributed by atoms with E-state index in [0.717, 1.165) is 28.0 Å². The van der Waals surface area contributed by atoms with Gasteiger partial charge in [0.15, 0.2) is 0 Å². The maximum Gasteiger partial charge on any atom is 0.286 e. The topological polar surface area (TPSA) is 48.1 Å². The van der Waals surface area contributed by atoms with E-state index in [1.54, 1.807) is 5.01 Å². The second-order valence-corrected chi connectivity index (χ2v) is 7.56. The number of rotatable bonds is 6. The Kier molecular flexibility index (Phi) is 5.77. The van der Waals surface area contributed by atoms with E-state index in [0.29, 0.717) is 5.69 Å². The van der Waals surface area contributed by atoms with Crippen molar-refractivity contribution in [3.8, 4) is 0 Å². The molecule has 4 aromatic rings. The number of hydrogen-bond donors (Lipinski definition) is 2. The molecule has 0 spiro atoms. The largest absolute Gasteiger partial charge is 0.354 e. The third-order valence-corrected chi connectivity index (χ3v) is 5.07. The highest BCUT2D eigenvalue weighted by molar-refractivity contribution is 9.10. The van der Waals surface area contributed by atoms with E-state index in [4.69, 9.17) is 0 Å². The van der Waals surface area contributed by atoms with Crippen LogP contribution < -0.4 is 10.4 Å². The number of aromatic amines is 1. The Morgan fingerprint density at radius 2 is 1.38 bits per heavy atom. The van der Waals surface area contributed by atoms with E-state index in [1.807, 2.05) is 84.9 Å². The highest BCUT2D eigenvalue weighted by atomic mass is 79.9. The van der Waals surface area contributed by atoms with Gasteiger partial charge in [0.05, 0.1) is 11.4 Å². The molecular weight excluding hydrogens is 426 g/mol. The highest BCUT2D eigenvalue weighted by Gasteiger charge is 2.15. The molecule has 0 unspecified atom stereocenters. The lowest BCUT2D eigenvalue weighted by molar-refractivity contribution is 0.0949. The fraction of sp³-hybridized carbons (Fsp3) is 0.0417. The summed E-state index contributed by atoms with van der Waals surface area (Å²) in [4.78, 5) is 16.2. The number of halogens is 1. The third kappa shape index (κ3) is 4.76. The minimum absolute atomic E-state index is 0.195. The van der Waals surface area contributed by atoms with Gasteiger partial charge in [-0.25, -0.2) is 0 Å². The van der Waals surface area contributed by atoms with Crippen LogP contribution in [0.3, 0.4) is 0 Å². The van der Waals surface area contributed by atoms with Crippen LogP contribution in [0.5, 0.6) is 0 Å². The number of amides is 1. The van der Waals surface area contributed by atoms with Crippen LogP contribution in [-0.2, 0) is 6.42 Å². The summed E-state index contributed by atoms with van der Waals surface area (Å²) >= 11 is 3.45. The van der Waals surface area contributed by atoms with Gasteiger partial charge < -0.3 is 4.98 Å². The van der Waals surface area contributed by atoms with Crippen LogP contribution >= 0.6 is 15.9 Å². The standard InChI is InChI=1S/C24H20BrN3O/c25-19-13-11-18(12-14-19)17-20-15-16-23(26-20)24(29)27-28(21-7-3-1-4-8-21)22-9-5-2-6-10-22/h1-16,26H,17H2,(H,27,29). The second-order valence-electron chi connectivity index (χ2n) is 6.65. The Morgan fingerprint density at radius 3 is 1.97 bits per heavy atom. The van der Waals surface area contributed by atoms with Gasteiger partial charge in [0.1, 0.15) is 5.69 Å². The molecule has 0 aliphatic heterocycles. The summed E-state index contributed by atoms with van der Waals surface area (Å²) in [5.74, 6) is -0.195. The van der Waals surface area contributed by atoms with Crippen LogP contribution in [0.1, 0.15) is 21.7 Å². The van der Waals surface area contributed by atoms with Crippen LogP contribution in [0, 0.1) is 0 Å². The number of nitrogens with zero attached hydrogens (tertiary/aromatic N) is 1. The first-order valence-electron chi connectivity index (χ1n) is 9.32. The number of hydrogen-bond acceptors (Lipinski definition) is 2. The molecule has 0 saturated heterocycles. The summed E-state index contributed by atoms with van der Waals surface area (Å²) in [6, 6.07) is 31.5. The summed E-state index contributed by atoms with van der Waals surface area (Å²) in [5, 5.41) is 1.79. The molecule has 0 aliphatic rings.